The monoisotopic (exact) mass is 341 g/mol. The standard InChI is InChI=1S/C16H23NO3S2/c1-11-8-12(2)16(13(3)9-11)22(18,19)17-5-7-21-15-10-20-6-4-14(15)17/h8-9,14-15H,4-7,10H2,1-3H3/t14-,15-/m0/s1. The van der Waals surface area contributed by atoms with Gasteiger partial charge >= 0.3 is 0 Å². The van der Waals surface area contributed by atoms with E-state index in [1.165, 1.54) is 0 Å². The largest absolute Gasteiger partial charge is 0.380 e. The van der Waals surface area contributed by atoms with Gasteiger partial charge in [0.1, 0.15) is 0 Å². The summed E-state index contributed by atoms with van der Waals surface area (Å²) < 4.78 is 33.8. The Hall–Kier alpha value is -0.560. The minimum atomic E-state index is -3.45. The second-order valence-electron chi connectivity index (χ2n) is 6.18. The maximum atomic E-state index is 13.3. The molecule has 0 saturated carbocycles. The molecule has 22 heavy (non-hydrogen) atoms. The number of sulfonamides is 1. The summed E-state index contributed by atoms with van der Waals surface area (Å²) in [5.41, 5.74) is 2.80. The van der Waals surface area contributed by atoms with E-state index in [1.807, 2.05) is 44.7 Å². The minimum absolute atomic E-state index is 0.0672. The van der Waals surface area contributed by atoms with Crippen LogP contribution in [0.5, 0.6) is 0 Å². The Morgan fingerprint density at radius 2 is 1.91 bits per heavy atom. The number of benzene rings is 1. The van der Waals surface area contributed by atoms with Crippen molar-refractivity contribution in [2.45, 2.75) is 43.4 Å². The maximum absolute atomic E-state index is 13.3. The van der Waals surface area contributed by atoms with Gasteiger partial charge in [-0.3, -0.25) is 0 Å². The molecule has 2 heterocycles. The molecule has 2 saturated heterocycles. The van der Waals surface area contributed by atoms with Crippen molar-refractivity contribution < 1.29 is 13.2 Å². The fourth-order valence-corrected chi connectivity index (χ4v) is 7.24. The lowest BCUT2D eigenvalue weighted by atomic mass is 10.1. The third kappa shape index (κ3) is 2.82. The molecule has 0 aromatic heterocycles. The van der Waals surface area contributed by atoms with Crippen molar-refractivity contribution >= 4 is 21.8 Å². The molecular formula is C16H23NO3S2. The van der Waals surface area contributed by atoms with E-state index in [9.17, 15) is 8.42 Å². The zero-order valence-electron chi connectivity index (χ0n) is 13.3. The SMILES string of the molecule is Cc1cc(C)c(S(=O)(=O)N2CCS[C@H]3COCC[C@@H]32)c(C)c1. The highest BCUT2D eigenvalue weighted by atomic mass is 32.2. The summed E-state index contributed by atoms with van der Waals surface area (Å²) in [6.45, 7) is 7.70. The van der Waals surface area contributed by atoms with E-state index in [1.54, 1.807) is 4.31 Å². The first-order valence-electron chi connectivity index (χ1n) is 7.70. The van der Waals surface area contributed by atoms with Crippen LogP contribution in [0.1, 0.15) is 23.1 Å². The highest BCUT2D eigenvalue weighted by Crippen LogP contribution is 2.35. The lowest BCUT2D eigenvalue weighted by Crippen LogP contribution is -2.54. The molecule has 2 aliphatic rings. The van der Waals surface area contributed by atoms with E-state index in [0.29, 0.717) is 24.7 Å². The predicted octanol–water partition coefficient (Wildman–Crippen LogP) is 2.51. The molecular weight excluding hydrogens is 318 g/mol. The van der Waals surface area contributed by atoms with E-state index in [2.05, 4.69) is 0 Å². The normalized spacial score (nSPS) is 26.7. The van der Waals surface area contributed by atoms with Crippen molar-refractivity contribution in [2.75, 3.05) is 25.5 Å². The Kier molecular flexibility index (Phi) is 4.56. The quantitative estimate of drug-likeness (QED) is 0.829. The lowest BCUT2D eigenvalue weighted by Gasteiger charge is -2.42. The van der Waals surface area contributed by atoms with Crippen molar-refractivity contribution in [1.29, 1.82) is 0 Å². The Labute approximate surface area is 137 Å². The Morgan fingerprint density at radius 1 is 1.23 bits per heavy atom. The summed E-state index contributed by atoms with van der Waals surface area (Å²) in [5.74, 6) is 0.841. The van der Waals surface area contributed by atoms with Gasteiger partial charge in [-0.2, -0.15) is 16.1 Å². The topological polar surface area (TPSA) is 46.6 Å². The highest BCUT2D eigenvalue weighted by molar-refractivity contribution is 8.00. The molecule has 0 unspecified atom stereocenters. The predicted molar refractivity (Wildman–Crippen MR) is 90.0 cm³/mol. The summed E-state index contributed by atoms with van der Waals surface area (Å²) in [5, 5.41) is 0.267. The number of thioether (sulfide) groups is 1. The molecule has 0 aliphatic carbocycles. The molecule has 2 fully saturated rings. The number of rotatable bonds is 2. The average Bonchev–Trinajstić information content (AvgIpc) is 2.45. The Bertz CT molecular complexity index is 647. The number of hydrogen-bond acceptors (Lipinski definition) is 4. The van der Waals surface area contributed by atoms with Gasteiger partial charge in [0.2, 0.25) is 10.0 Å². The van der Waals surface area contributed by atoms with Crippen LogP contribution in [0.4, 0.5) is 0 Å². The van der Waals surface area contributed by atoms with Gasteiger partial charge in [-0.15, -0.1) is 0 Å². The molecule has 0 N–H and O–H groups in total. The van der Waals surface area contributed by atoms with E-state index in [0.717, 1.165) is 28.9 Å². The fourth-order valence-electron chi connectivity index (χ4n) is 3.64. The molecule has 3 rings (SSSR count). The van der Waals surface area contributed by atoms with Gasteiger partial charge in [-0.05, 0) is 38.3 Å². The molecule has 0 bridgehead atoms. The number of nitrogens with zero attached hydrogens (tertiary/aromatic N) is 1. The molecule has 6 heteroatoms. The smallest absolute Gasteiger partial charge is 0.243 e. The van der Waals surface area contributed by atoms with E-state index < -0.39 is 10.0 Å². The van der Waals surface area contributed by atoms with Crippen molar-refractivity contribution in [1.82, 2.24) is 4.31 Å². The van der Waals surface area contributed by atoms with Crippen molar-refractivity contribution in [3.63, 3.8) is 0 Å². The van der Waals surface area contributed by atoms with Gasteiger partial charge in [0.15, 0.2) is 0 Å². The van der Waals surface area contributed by atoms with Crippen molar-refractivity contribution in [3.05, 3.63) is 28.8 Å². The van der Waals surface area contributed by atoms with Crippen LogP contribution in [0.3, 0.4) is 0 Å². The first-order chi connectivity index (χ1) is 10.4. The zero-order valence-corrected chi connectivity index (χ0v) is 15.0. The molecule has 2 atom stereocenters. The Balaban J connectivity index is 2.02. The molecule has 0 spiro atoms. The molecule has 122 valence electrons. The third-order valence-electron chi connectivity index (χ3n) is 4.45. The van der Waals surface area contributed by atoms with Crippen LogP contribution in [0.15, 0.2) is 17.0 Å². The summed E-state index contributed by atoms with van der Waals surface area (Å²) in [4.78, 5) is 0.496. The van der Waals surface area contributed by atoms with Crippen LogP contribution < -0.4 is 0 Å². The molecule has 0 radical (unpaired) electrons. The summed E-state index contributed by atoms with van der Waals surface area (Å²) in [6, 6.07) is 3.98. The van der Waals surface area contributed by atoms with Crippen molar-refractivity contribution in [2.24, 2.45) is 0 Å². The lowest BCUT2D eigenvalue weighted by molar-refractivity contribution is 0.0625. The second kappa shape index (κ2) is 6.15. The van der Waals surface area contributed by atoms with Crippen LogP contribution in [0.2, 0.25) is 0 Å². The fraction of sp³-hybridized carbons (Fsp3) is 0.625. The van der Waals surface area contributed by atoms with Gasteiger partial charge in [-0.1, -0.05) is 17.7 Å². The van der Waals surface area contributed by atoms with Crippen LogP contribution in [0, 0.1) is 20.8 Å². The van der Waals surface area contributed by atoms with E-state index in [4.69, 9.17) is 4.74 Å². The number of aryl methyl sites for hydroxylation is 3. The minimum Gasteiger partial charge on any atom is -0.380 e. The molecule has 0 amide bonds. The summed E-state index contributed by atoms with van der Waals surface area (Å²) in [6.07, 6.45) is 0.793. The maximum Gasteiger partial charge on any atom is 0.243 e. The van der Waals surface area contributed by atoms with Gasteiger partial charge < -0.3 is 4.74 Å². The van der Waals surface area contributed by atoms with Crippen LogP contribution >= 0.6 is 11.8 Å². The van der Waals surface area contributed by atoms with Gasteiger partial charge in [0, 0.05) is 30.2 Å². The molecule has 1 aromatic carbocycles. The van der Waals surface area contributed by atoms with Gasteiger partial charge in [-0.25, -0.2) is 8.42 Å². The van der Waals surface area contributed by atoms with Crippen molar-refractivity contribution in [3.8, 4) is 0 Å². The second-order valence-corrected chi connectivity index (χ2v) is 9.36. The summed E-state index contributed by atoms with van der Waals surface area (Å²) in [7, 11) is -3.45. The number of ether oxygens (including phenoxy) is 1. The average molecular weight is 341 g/mol. The van der Waals surface area contributed by atoms with Crippen LogP contribution in [0.25, 0.3) is 0 Å². The first-order valence-corrected chi connectivity index (χ1v) is 10.2. The van der Waals surface area contributed by atoms with Crippen LogP contribution in [-0.4, -0.2) is 49.5 Å². The molecule has 4 nitrogen and oxygen atoms in total. The number of fused-ring (bicyclic) bond motifs is 1. The highest BCUT2D eigenvalue weighted by Gasteiger charge is 2.41. The zero-order chi connectivity index (χ0) is 15.9. The number of hydrogen-bond donors (Lipinski definition) is 0. The summed E-state index contributed by atoms with van der Waals surface area (Å²) >= 11 is 1.84. The molecule has 1 aromatic rings. The van der Waals surface area contributed by atoms with Gasteiger partial charge in [0.25, 0.3) is 0 Å². The van der Waals surface area contributed by atoms with Gasteiger partial charge in [0.05, 0.1) is 11.5 Å². The third-order valence-corrected chi connectivity index (χ3v) is 7.98. The van der Waals surface area contributed by atoms with Crippen LogP contribution in [-0.2, 0) is 14.8 Å². The van der Waals surface area contributed by atoms with E-state index >= 15 is 0 Å². The molecule has 2 aliphatic heterocycles. The Morgan fingerprint density at radius 3 is 2.59 bits per heavy atom. The first kappa shape index (κ1) is 16.3. The van der Waals surface area contributed by atoms with E-state index in [-0.39, 0.29) is 11.3 Å².